The largest absolute Gasteiger partial charge is 0.480 e. The summed E-state index contributed by atoms with van der Waals surface area (Å²) in [5.41, 5.74) is 3.53. The molecule has 2 aliphatic rings. The lowest BCUT2D eigenvalue weighted by Crippen LogP contribution is -2.30. The molecule has 5 aromatic rings. The fourth-order valence-electron chi connectivity index (χ4n) is 5.16. The van der Waals surface area contributed by atoms with Gasteiger partial charge in [-0.2, -0.15) is 0 Å². The van der Waals surface area contributed by atoms with Gasteiger partial charge in [-0.15, -0.1) is 0 Å². The number of aromatic amines is 1. The van der Waals surface area contributed by atoms with Crippen LogP contribution in [0.4, 0.5) is 0 Å². The monoisotopic (exact) mass is 496 g/mol. The van der Waals surface area contributed by atoms with E-state index in [9.17, 15) is 14.7 Å². The molecule has 1 fully saturated rings. The van der Waals surface area contributed by atoms with E-state index in [1.807, 2.05) is 36.4 Å². The van der Waals surface area contributed by atoms with Gasteiger partial charge in [-0.3, -0.25) is 9.36 Å². The van der Waals surface area contributed by atoms with Crippen LogP contribution in [0.2, 0.25) is 0 Å². The van der Waals surface area contributed by atoms with E-state index in [2.05, 4.69) is 27.3 Å². The van der Waals surface area contributed by atoms with Crippen LogP contribution < -0.4 is 5.56 Å². The molecule has 0 amide bonds. The van der Waals surface area contributed by atoms with Gasteiger partial charge in [0.1, 0.15) is 5.69 Å². The van der Waals surface area contributed by atoms with Crippen molar-refractivity contribution >= 4 is 28.5 Å². The molecule has 4 heterocycles. The third-order valence-electron chi connectivity index (χ3n) is 6.94. The number of hydrogen-bond acceptors (Lipinski definition) is 6. The third-order valence-corrected chi connectivity index (χ3v) is 8.33. The predicted molar refractivity (Wildman–Crippen MR) is 135 cm³/mol. The Balaban J connectivity index is 1.39. The summed E-state index contributed by atoms with van der Waals surface area (Å²) in [6, 6.07) is 16.5. The highest BCUT2D eigenvalue weighted by Gasteiger charge is 2.45. The average Bonchev–Trinajstić information content (AvgIpc) is 3.28. The normalized spacial score (nSPS) is 19.0. The molecule has 2 atom stereocenters. The van der Waals surface area contributed by atoms with Gasteiger partial charge in [0.05, 0.1) is 22.3 Å². The van der Waals surface area contributed by atoms with Crippen LogP contribution in [0.25, 0.3) is 33.4 Å². The first-order valence-electron chi connectivity index (χ1n) is 11.7. The topological polar surface area (TPSA) is 114 Å². The lowest BCUT2D eigenvalue weighted by atomic mass is 10.00. The Hall–Kier alpha value is -4.11. The summed E-state index contributed by atoms with van der Waals surface area (Å²) >= 11 is 1.39. The average molecular weight is 497 g/mol. The highest BCUT2D eigenvalue weighted by atomic mass is 32.2. The summed E-state index contributed by atoms with van der Waals surface area (Å²) in [6.45, 7) is 0. The number of thioether (sulfide) groups is 1. The Labute approximate surface area is 209 Å². The number of nitrogens with one attached hydrogen (secondary N) is 1. The molecule has 1 aliphatic carbocycles. The van der Waals surface area contributed by atoms with Gasteiger partial charge in [0.25, 0.3) is 5.56 Å². The number of aliphatic carboxylic acids is 1. The number of H-pyrrole nitrogens is 1. The summed E-state index contributed by atoms with van der Waals surface area (Å²) in [5.74, 6) is -0.299. The number of hydrogen-bond donors (Lipinski definition) is 2. The van der Waals surface area contributed by atoms with Crippen LogP contribution in [-0.2, 0) is 4.79 Å². The molecular formula is C27H20N4O4S. The summed E-state index contributed by atoms with van der Waals surface area (Å²) in [7, 11) is 0. The Kier molecular flexibility index (Phi) is 4.69. The highest BCUT2D eigenvalue weighted by molar-refractivity contribution is 7.99. The number of nitrogens with zero attached hydrogens (tertiary/aromatic N) is 3. The summed E-state index contributed by atoms with van der Waals surface area (Å²) in [6.07, 6.45) is 5.17. The minimum Gasteiger partial charge on any atom is -0.480 e. The molecule has 2 N–H and O–H groups in total. The van der Waals surface area contributed by atoms with Gasteiger partial charge < -0.3 is 14.6 Å². The van der Waals surface area contributed by atoms with Crippen molar-refractivity contribution in [2.75, 3.05) is 0 Å². The van der Waals surface area contributed by atoms with Crippen molar-refractivity contribution in [2.45, 2.75) is 35.1 Å². The molecular weight excluding hydrogens is 476 g/mol. The van der Waals surface area contributed by atoms with E-state index < -0.39 is 17.3 Å². The Bertz CT molecular complexity index is 1700. The molecule has 3 aromatic heterocycles. The number of fused-ring (bicyclic) bond motifs is 2. The second-order valence-electron chi connectivity index (χ2n) is 9.18. The Morgan fingerprint density at radius 3 is 2.72 bits per heavy atom. The van der Waals surface area contributed by atoms with Crippen molar-refractivity contribution < 1.29 is 14.4 Å². The maximum Gasteiger partial charge on any atom is 0.328 e. The van der Waals surface area contributed by atoms with Crippen LogP contribution in [0.15, 0.2) is 81.5 Å². The molecule has 0 radical (unpaired) electrons. The summed E-state index contributed by atoms with van der Waals surface area (Å²) in [4.78, 5) is 32.9. The van der Waals surface area contributed by atoms with Gasteiger partial charge in [0, 0.05) is 29.5 Å². The van der Waals surface area contributed by atoms with E-state index in [1.54, 1.807) is 6.20 Å². The van der Waals surface area contributed by atoms with Gasteiger partial charge >= 0.3 is 5.97 Å². The van der Waals surface area contributed by atoms with Crippen molar-refractivity contribution in [3.63, 3.8) is 0 Å². The third kappa shape index (κ3) is 3.23. The molecule has 0 spiro atoms. The molecule has 8 nitrogen and oxygen atoms in total. The molecule has 36 heavy (non-hydrogen) atoms. The number of imidazole rings is 1. The van der Waals surface area contributed by atoms with Gasteiger partial charge in [0.2, 0.25) is 0 Å². The molecule has 9 heteroatoms. The minimum atomic E-state index is -1.05. The summed E-state index contributed by atoms with van der Waals surface area (Å²) in [5, 5.41) is 16.8. The van der Waals surface area contributed by atoms with E-state index in [4.69, 9.17) is 4.52 Å². The van der Waals surface area contributed by atoms with Crippen molar-refractivity contribution in [2.24, 2.45) is 0 Å². The number of benzene rings is 2. The second-order valence-corrected chi connectivity index (χ2v) is 10.3. The number of carboxylic acids is 1. The molecule has 0 bridgehead atoms. The first kappa shape index (κ1) is 21.2. The molecule has 2 unspecified atom stereocenters. The van der Waals surface area contributed by atoms with Crippen LogP contribution in [-0.4, -0.2) is 30.8 Å². The standard InChI is InChI=1S/C27H20N4O4S/c32-22-10-18(21-11-19(30-35-21)17-7-3-5-14-4-1-2-6-16(14)17)23(15-8-9-15)26-31(22)24(27(33)34)25(36-26)20-12-28-13-29-20/h1-7,10-13,15,24-25H,8-9H2,(H,28,29)(H,33,34). The van der Waals surface area contributed by atoms with Crippen molar-refractivity contribution in [1.29, 1.82) is 0 Å². The van der Waals surface area contributed by atoms with Crippen LogP contribution in [0, 0.1) is 0 Å². The molecule has 0 saturated heterocycles. The van der Waals surface area contributed by atoms with E-state index >= 15 is 0 Å². The minimum absolute atomic E-state index is 0.243. The van der Waals surface area contributed by atoms with Crippen LogP contribution in [0.1, 0.15) is 41.3 Å². The fraction of sp³-hybridized carbons (Fsp3) is 0.185. The zero-order chi connectivity index (χ0) is 24.4. The zero-order valence-corrected chi connectivity index (χ0v) is 19.7. The number of carbonyl (C=O) groups is 1. The number of pyridine rings is 1. The van der Waals surface area contributed by atoms with Gasteiger partial charge in [0.15, 0.2) is 11.8 Å². The van der Waals surface area contributed by atoms with Crippen molar-refractivity contribution in [3.8, 4) is 22.6 Å². The predicted octanol–water partition coefficient (Wildman–Crippen LogP) is 5.40. The van der Waals surface area contributed by atoms with Gasteiger partial charge in [-0.25, -0.2) is 9.78 Å². The number of carboxylic acid groups (broad SMARTS) is 1. The second kappa shape index (κ2) is 7.96. The quantitative estimate of drug-likeness (QED) is 0.335. The van der Waals surface area contributed by atoms with Crippen LogP contribution in [0.5, 0.6) is 0 Å². The van der Waals surface area contributed by atoms with Gasteiger partial charge in [-0.1, -0.05) is 59.4 Å². The maximum atomic E-state index is 13.4. The summed E-state index contributed by atoms with van der Waals surface area (Å²) < 4.78 is 7.24. The Morgan fingerprint density at radius 1 is 1.11 bits per heavy atom. The van der Waals surface area contributed by atoms with E-state index in [-0.39, 0.29) is 11.5 Å². The van der Waals surface area contributed by atoms with Crippen LogP contribution >= 0.6 is 11.8 Å². The molecule has 1 saturated carbocycles. The van der Waals surface area contributed by atoms with Crippen molar-refractivity contribution in [3.05, 3.63) is 88.7 Å². The van der Waals surface area contributed by atoms with E-state index in [1.165, 1.54) is 28.7 Å². The first-order chi connectivity index (χ1) is 17.6. The SMILES string of the molecule is O=C(O)C1C(c2c[nH]cn2)Sc2c(C3CC3)c(-c3cc(-c4cccc5ccccc45)no3)cc(=O)n21. The molecule has 1 aliphatic heterocycles. The van der Waals surface area contributed by atoms with Crippen molar-refractivity contribution in [1.82, 2.24) is 19.7 Å². The fourth-order valence-corrected chi connectivity index (χ4v) is 6.74. The maximum absolute atomic E-state index is 13.4. The first-order valence-corrected chi connectivity index (χ1v) is 12.6. The van der Waals surface area contributed by atoms with E-state index in [0.29, 0.717) is 27.7 Å². The lowest BCUT2D eigenvalue weighted by Gasteiger charge is -2.15. The van der Waals surface area contributed by atoms with E-state index in [0.717, 1.165) is 34.7 Å². The van der Waals surface area contributed by atoms with Gasteiger partial charge in [-0.05, 0) is 35.1 Å². The van der Waals surface area contributed by atoms with Crippen LogP contribution in [0.3, 0.4) is 0 Å². The Morgan fingerprint density at radius 2 is 1.94 bits per heavy atom. The smallest absolute Gasteiger partial charge is 0.328 e. The number of aromatic nitrogens is 4. The molecule has 2 aromatic carbocycles. The highest BCUT2D eigenvalue weighted by Crippen LogP contribution is 2.56. The zero-order valence-electron chi connectivity index (χ0n) is 18.9. The molecule has 178 valence electrons. The number of rotatable bonds is 5. The lowest BCUT2D eigenvalue weighted by molar-refractivity contribution is -0.141. The molecule has 7 rings (SSSR count).